The summed E-state index contributed by atoms with van der Waals surface area (Å²) in [5.74, 6) is 0.963. The van der Waals surface area contributed by atoms with Crippen LogP contribution in [0.1, 0.15) is 57.4 Å². The van der Waals surface area contributed by atoms with Crippen LogP contribution >= 0.6 is 0 Å². The number of fused-ring (bicyclic) bond motifs is 1. The Kier molecular flexibility index (Phi) is 5.90. The monoisotopic (exact) mass is 275 g/mol. The molecule has 2 rings (SSSR count). The molecule has 0 fully saturated rings. The van der Waals surface area contributed by atoms with Gasteiger partial charge in [-0.15, -0.1) is 0 Å². The van der Waals surface area contributed by atoms with Crippen LogP contribution in [0.5, 0.6) is 5.75 Å². The Balaban J connectivity index is 1.71. The van der Waals surface area contributed by atoms with E-state index in [1.165, 1.54) is 37.7 Å². The van der Waals surface area contributed by atoms with Crippen molar-refractivity contribution < 1.29 is 9.53 Å². The number of aryl methyl sites for hydroxylation is 1. The van der Waals surface area contributed by atoms with E-state index < -0.39 is 0 Å². The Morgan fingerprint density at radius 2 is 1.90 bits per heavy atom. The number of amides is 1. The average molecular weight is 275 g/mol. The van der Waals surface area contributed by atoms with Gasteiger partial charge in [0.15, 0.2) is 0 Å². The van der Waals surface area contributed by atoms with E-state index in [-0.39, 0.29) is 5.91 Å². The van der Waals surface area contributed by atoms with Crippen LogP contribution in [0, 0.1) is 0 Å². The second kappa shape index (κ2) is 7.93. The molecule has 1 aliphatic heterocycles. The Labute approximate surface area is 121 Å². The number of carbonyl (C=O) groups excluding carboxylic acids is 1. The number of nitrogens with one attached hydrogen (secondary N) is 1. The molecule has 0 saturated heterocycles. The summed E-state index contributed by atoms with van der Waals surface area (Å²) >= 11 is 0. The lowest BCUT2D eigenvalue weighted by molar-refractivity contribution is -0.116. The zero-order chi connectivity index (χ0) is 14.2. The van der Waals surface area contributed by atoms with Crippen LogP contribution in [0.2, 0.25) is 0 Å². The highest BCUT2D eigenvalue weighted by Gasteiger charge is 2.14. The number of hydrogen-bond donors (Lipinski definition) is 1. The van der Waals surface area contributed by atoms with Gasteiger partial charge in [-0.3, -0.25) is 4.79 Å². The molecule has 1 aromatic rings. The summed E-state index contributed by atoms with van der Waals surface area (Å²) in [6.45, 7) is 3.00. The number of unbranched alkanes of at least 4 members (excludes halogenated alkanes) is 5. The van der Waals surface area contributed by atoms with Gasteiger partial charge < -0.3 is 10.1 Å². The van der Waals surface area contributed by atoms with Crippen molar-refractivity contribution >= 4 is 11.6 Å². The van der Waals surface area contributed by atoms with Gasteiger partial charge in [0, 0.05) is 18.2 Å². The van der Waals surface area contributed by atoms with E-state index in [0.29, 0.717) is 6.42 Å². The number of benzene rings is 1. The van der Waals surface area contributed by atoms with E-state index in [1.54, 1.807) is 0 Å². The van der Waals surface area contributed by atoms with Crippen molar-refractivity contribution in [3.05, 3.63) is 23.8 Å². The minimum absolute atomic E-state index is 0.102. The van der Waals surface area contributed by atoms with E-state index in [9.17, 15) is 4.79 Å². The van der Waals surface area contributed by atoms with Crippen LogP contribution in [0.4, 0.5) is 5.69 Å². The fraction of sp³-hybridized carbons (Fsp3) is 0.588. The summed E-state index contributed by atoms with van der Waals surface area (Å²) in [5, 5.41) is 2.91. The van der Waals surface area contributed by atoms with Gasteiger partial charge in [0.1, 0.15) is 5.75 Å². The van der Waals surface area contributed by atoms with Crippen LogP contribution in [-0.4, -0.2) is 12.5 Å². The third kappa shape index (κ3) is 4.55. The average Bonchev–Trinajstić information content (AvgIpc) is 2.46. The van der Waals surface area contributed by atoms with E-state index in [0.717, 1.165) is 30.9 Å². The summed E-state index contributed by atoms with van der Waals surface area (Å²) < 4.78 is 5.76. The molecule has 0 radical (unpaired) electrons. The lowest BCUT2D eigenvalue weighted by Gasteiger charge is -2.17. The van der Waals surface area contributed by atoms with Crippen molar-refractivity contribution in [3.8, 4) is 5.75 Å². The lowest BCUT2D eigenvalue weighted by atomic mass is 10.0. The Morgan fingerprint density at radius 3 is 2.75 bits per heavy atom. The maximum atomic E-state index is 11.4. The predicted molar refractivity (Wildman–Crippen MR) is 82.3 cm³/mol. The number of carbonyl (C=O) groups is 1. The second-order valence-electron chi connectivity index (χ2n) is 5.48. The fourth-order valence-electron chi connectivity index (χ4n) is 2.51. The van der Waals surface area contributed by atoms with Crippen molar-refractivity contribution in [1.82, 2.24) is 0 Å². The van der Waals surface area contributed by atoms with Gasteiger partial charge in [-0.1, -0.05) is 45.1 Å². The molecule has 1 N–H and O–H groups in total. The molecule has 1 aromatic carbocycles. The number of rotatable bonds is 8. The van der Waals surface area contributed by atoms with Crippen molar-refractivity contribution in [2.75, 3.05) is 11.9 Å². The molecule has 20 heavy (non-hydrogen) atoms. The number of anilines is 1. The first-order chi connectivity index (χ1) is 9.79. The molecule has 0 aromatic heterocycles. The molecule has 0 atom stereocenters. The van der Waals surface area contributed by atoms with Crippen molar-refractivity contribution in [2.45, 2.75) is 58.3 Å². The number of ether oxygens (including phenoxy) is 1. The third-order valence-electron chi connectivity index (χ3n) is 3.74. The maximum Gasteiger partial charge on any atom is 0.224 e. The smallest absolute Gasteiger partial charge is 0.224 e. The molecule has 3 heteroatoms. The molecule has 110 valence electrons. The third-order valence-corrected chi connectivity index (χ3v) is 3.74. The van der Waals surface area contributed by atoms with Crippen LogP contribution in [0.25, 0.3) is 0 Å². The topological polar surface area (TPSA) is 38.3 Å². The molecule has 0 bridgehead atoms. The van der Waals surface area contributed by atoms with Gasteiger partial charge in [0.25, 0.3) is 0 Å². The lowest BCUT2D eigenvalue weighted by Crippen LogP contribution is -2.18. The summed E-state index contributed by atoms with van der Waals surface area (Å²) in [6.07, 6.45) is 9.03. The molecule has 3 nitrogen and oxygen atoms in total. The summed E-state index contributed by atoms with van der Waals surface area (Å²) in [5.41, 5.74) is 2.12. The highest BCUT2D eigenvalue weighted by atomic mass is 16.5. The highest BCUT2D eigenvalue weighted by Crippen LogP contribution is 2.27. The summed E-state index contributed by atoms with van der Waals surface area (Å²) in [7, 11) is 0. The summed E-state index contributed by atoms with van der Waals surface area (Å²) in [6, 6.07) is 6.02. The second-order valence-corrected chi connectivity index (χ2v) is 5.48. The van der Waals surface area contributed by atoms with E-state index in [2.05, 4.69) is 18.3 Å². The quantitative estimate of drug-likeness (QED) is 0.718. The predicted octanol–water partition coefficient (Wildman–Crippen LogP) is 4.31. The minimum Gasteiger partial charge on any atom is -0.494 e. The SMILES string of the molecule is CCCCCCCCOc1ccc2c(c1)NC(=O)CC2. The first kappa shape index (κ1) is 14.9. The Hall–Kier alpha value is -1.51. The summed E-state index contributed by atoms with van der Waals surface area (Å²) in [4.78, 5) is 11.4. The van der Waals surface area contributed by atoms with Crippen LogP contribution in [0.15, 0.2) is 18.2 Å². The van der Waals surface area contributed by atoms with Crippen LogP contribution in [0.3, 0.4) is 0 Å². The fourth-order valence-corrected chi connectivity index (χ4v) is 2.51. The van der Waals surface area contributed by atoms with Gasteiger partial charge in [-0.2, -0.15) is 0 Å². The van der Waals surface area contributed by atoms with E-state index in [1.807, 2.05) is 12.1 Å². The number of hydrogen-bond acceptors (Lipinski definition) is 2. The molecular weight excluding hydrogens is 250 g/mol. The zero-order valence-corrected chi connectivity index (χ0v) is 12.4. The van der Waals surface area contributed by atoms with Crippen molar-refractivity contribution in [2.24, 2.45) is 0 Å². The van der Waals surface area contributed by atoms with Gasteiger partial charge in [0.05, 0.1) is 6.61 Å². The van der Waals surface area contributed by atoms with Crippen molar-refractivity contribution in [1.29, 1.82) is 0 Å². The van der Waals surface area contributed by atoms with Crippen LogP contribution < -0.4 is 10.1 Å². The Bertz CT molecular complexity index is 443. The zero-order valence-electron chi connectivity index (χ0n) is 12.4. The van der Waals surface area contributed by atoms with Gasteiger partial charge >= 0.3 is 0 Å². The largest absolute Gasteiger partial charge is 0.494 e. The Morgan fingerprint density at radius 1 is 1.10 bits per heavy atom. The molecule has 0 saturated carbocycles. The molecule has 1 heterocycles. The molecule has 0 unspecified atom stereocenters. The normalized spacial score (nSPS) is 13.8. The minimum atomic E-state index is 0.102. The van der Waals surface area contributed by atoms with Crippen LogP contribution in [-0.2, 0) is 11.2 Å². The molecule has 1 amide bonds. The standard InChI is InChI=1S/C17H25NO2/c1-2-3-4-5-6-7-12-20-15-10-8-14-9-11-17(19)18-16(14)13-15/h8,10,13H,2-7,9,11-12H2,1H3,(H,18,19). The van der Waals surface area contributed by atoms with E-state index in [4.69, 9.17) is 4.74 Å². The van der Waals surface area contributed by atoms with Crippen molar-refractivity contribution in [3.63, 3.8) is 0 Å². The maximum absolute atomic E-state index is 11.4. The molecule has 0 aliphatic carbocycles. The molecular formula is C17H25NO2. The van der Waals surface area contributed by atoms with E-state index >= 15 is 0 Å². The van der Waals surface area contributed by atoms with Gasteiger partial charge in [-0.25, -0.2) is 0 Å². The highest BCUT2D eigenvalue weighted by molar-refractivity contribution is 5.94. The molecule has 0 spiro atoms. The van der Waals surface area contributed by atoms with Gasteiger partial charge in [-0.05, 0) is 24.5 Å². The first-order valence-electron chi connectivity index (χ1n) is 7.85. The first-order valence-corrected chi connectivity index (χ1v) is 7.85. The molecule has 1 aliphatic rings. The van der Waals surface area contributed by atoms with Gasteiger partial charge in [0.2, 0.25) is 5.91 Å².